The van der Waals surface area contributed by atoms with Gasteiger partial charge in [-0.25, -0.2) is 4.79 Å². The van der Waals surface area contributed by atoms with Gasteiger partial charge in [0, 0.05) is 0 Å². The standard InChI is InChI=1S/C12H16O3/c1-9(2)8-14-15-12(13)11-7-5-4-6-10(11)3/h4-7,9H,8H2,1-3H3. The Balaban J connectivity index is 2.51. The smallest absolute Gasteiger partial charge is 0.293 e. The van der Waals surface area contributed by atoms with Crippen molar-refractivity contribution in [2.75, 3.05) is 6.61 Å². The summed E-state index contributed by atoms with van der Waals surface area (Å²) in [4.78, 5) is 21.0. The molecule has 0 aliphatic rings. The molecule has 82 valence electrons. The molecule has 0 aliphatic heterocycles. The summed E-state index contributed by atoms with van der Waals surface area (Å²) >= 11 is 0. The van der Waals surface area contributed by atoms with Gasteiger partial charge in [0.05, 0.1) is 12.2 Å². The Labute approximate surface area is 89.9 Å². The van der Waals surface area contributed by atoms with Crippen molar-refractivity contribution in [2.45, 2.75) is 20.8 Å². The fourth-order valence-corrected chi connectivity index (χ4v) is 1.07. The van der Waals surface area contributed by atoms with Crippen LogP contribution in [0.5, 0.6) is 0 Å². The Morgan fingerprint density at radius 3 is 2.60 bits per heavy atom. The zero-order valence-corrected chi connectivity index (χ0v) is 9.32. The Bertz CT molecular complexity index is 331. The lowest BCUT2D eigenvalue weighted by atomic mass is 10.1. The van der Waals surface area contributed by atoms with E-state index in [4.69, 9.17) is 4.89 Å². The second kappa shape index (κ2) is 5.51. The van der Waals surface area contributed by atoms with Gasteiger partial charge in [-0.2, -0.15) is 4.89 Å². The van der Waals surface area contributed by atoms with Gasteiger partial charge in [0.15, 0.2) is 0 Å². The SMILES string of the molecule is Cc1ccccc1C(=O)OOCC(C)C. The van der Waals surface area contributed by atoms with Gasteiger partial charge in [0.1, 0.15) is 0 Å². The molecule has 0 bridgehead atoms. The summed E-state index contributed by atoms with van der Waals surface area (Å²) in [6.07, 6.45) is 0. The predicted octanol–water partition coefficient (Wildman–Crippen LogP) is 2.74. The Morgan fingerprint density at radius 1 is 1.33 bits per heavy atom. The van der Waals surface area contributed by atoms with Gasteiger partial charge in [-0.05, 0) is 24.5 Å². The van der Waals surface area contributed by atoms with Crippen LogP contribution in [0.25, 0.3) is 0 Å². The average molecular weight is 208 g/mol. The minimum absolute atomic E-state index is 0.342. The second-order valence-corrected chi connectivity index (χ2v) is 3.86. The first-order valence-electron chi connectivity index (χ1n) is 5.00. The zero-order valence-electron chi connectivity index (χ0n) is 9.32. The van der Waals surface area contributed by atoms with Crippen molar-refractivity contribution < 1.29 is 14.6 Å². The Kier molecular flexibility index (Phi) is 4.31. The summed E-state index contributed by atoms with van der Waals surface area (Å²) < 4.78 is 0. The van der Waals surface area contributed by atoms with E-state index < -0.39 is 5.97 Å². The predicted molar refractivity (Wildman–Crippen MR) is 57.4 cm³/mol. The maximum Gasteiger partial charge on any atom is 0.373 e. The van der Waals surface area contributed by atoms with Crippen LogP contribution in [0.1, 0.15) is 29.8 Å². The molecule has 0 radical (unpaired) electrons. The normalized spacial score (nSPS) is 10.4. The van der Waals surface area contributed by atoms with Crippen molar-refractivity contribution >= 4 is 5.97 Å². The number of carbonyl (C=O) groups excluding carboxylic acids is 1. The molecule has 0 saturated carbocycles. The molecule has 1 aromatic rings. The van der Waals surface area contributed by atoms with Crippen LogP contribution in [-0.4, -0.2) is 12.6 Å². The third-order valence-electron chi connectivity index (χ3n) is 1.90. The van der Waals surface area contributed by atoms with Gasteiger partial charge in [0.25, 0.3) is 0 Å². The molecule has 3 heteroatoms. The average Bonchev–Trinajstić information content (AvgIpc) is 2.17. The van der Waals surface area contributed by atoms with Crippen LogP contribution in [0.15, 0.2) is 24.3 Å². The molecule has 0 heterocycles. The van der Waals surface area contributed by atoms with E-state index in [1.165, 1.54) is 0 Å². The molecule has 0 fully saturated rings. The molecule has 1 rings (SSSR count). The summed E-state index contributed by atoms with van der Waals surface area (Å²) in [6, 6.07) is 7.25. The van der Waals surface area contributed by atoms with Crippen LogP contribution in [0.2, 0.25) is 0 Å². The fraction of sp³-hybridized carbons (Fsp3) is 0.417. The molecule has 0 aliphatic carbocycles. The highest BCUT2D eigenvalue weighted by molar-refractivity contribution is 5.90. The lowest BCUT2D eigenvalue weighted by molar-refractivity contribution is -0.247. The zero-order chi connectivity index (χ0) is 11.3. The molecule has 0 amide bonds. The van der Waals surface area contributed by atoms with Crippen molar-refractivity contribution in [3.05, 3.63) is 35.4 Å². The first-order valence-corrected chi connectivity index (χ1v) is 5.00. The van der Waals surface area contributed by atoms with Crippen molar-refractivity contribution in [2.24, 2.45) is 5.92 Å². The lowest BCUT2D eigenvalue weighted by Gasteiger charge is -2.06. The van der Waals surface area contributed by atoms with E-state index in [1.54, 1.807) is 12.1 Å². The van der Waals surface area contributed by atoms with E-state index >= 15 is 0 Å². The molecular weight excluding hydrogens is 192 g/mol. The summed E-state index contributed by atoms with van der Waals surface area (Å²) in [7, 11) is 0. The molecule has 0 unspecified atom stereocenters. The first kappa shape index (κ1) is 11.7. The molecule has 1 aromatic carbocycles. The number of aryl methyl sites for hydroxylation is 1. The molecule has 0 spiro atoms. The quantitative estimate of drug-likeness (QED) is 0.563. The molecule has 0 aromatic heterocycles. The maximum absolute atomic E-state index is 11.5. The third-order valence-corrected chi connectivity index (χ3v) is 1.90. The van der Waals surface area contributed by atoms with Gasteiger partial charge in [-0.3, -0.25) is 4.89 Å². The van der Waals surface area contributed by atoms with E-state index in [-0.39, 0.29) is 0 Å². The van der Waals surface area contributed by atoms with Gasteiger partial charge >= 0.3 is 5.97 Å². The summed E-state index contributed by atoms with van der Waals surface area (Å²) in [5.41, 5.74) is 1.43. The van der Waals surface area contributed by atoms with Crippen molar-refractivity contribution in [3.63, 3.8) is 0 Å². The first-order chi connectivity index (χ1) is 7.11. The number of carbonyl (C=O) groups is 1. The number of benzene rings is 1. The minimum atomic E-state index is -0.436. The van der Waals surface area contributed by atoms with Crippen LogP contribution in [0.4, 0.5) is 0 Å². The molecule has 0 atom stereocenters. The molecular formula is C12H16O3. The van der Waals surface area contributed by atoms with Crippen LogP contribution >= 0.6 is 0 Å². The van der Waals surface area contributed by atoms with E-state index in [0.29, 0.717) is 18.1 Å². The summed E-state index contributed by atoms with van der Waals surface area (Å²) in [6.45, 7) is 6.25. The third kappa shape index (κ3) is 3.72. The summed E-state index contributed by atoms with van der Waals surface area (Å²) in [5.74, 6) is -0.0941. The molecule has 0 saturated heterocycles. The largest absolute Gasteiger partial charge is 0.373 e. The molecule has 3 nitrogen and oxygen atoms in total. The highest BCUT2D eigenvalue weighted by atomic mass is 17.2. The number of hydrogen-bond donors (Lipinski definition) is 0. The van der Waals surface area contributed by atoms with E-state index in [1.807, 2.05) is 32.9 Å². The van der Waals surface area contributed by atoms with Gasteiger partial charge in [-0.1, -0.05) is 32.0 Å². The number of rotatable bonds is 4. The Hall–Kier alpha value is -1.35. The van der Waals surface area contributed by atoms with Crippen molar-refractivity contribution in [1.82, 2.24) is 0 Å². The highest BCUT2D eigenvalue weighted by Gasteiger charge is 2.10. The van der Waals surface area contributed by atoms with Crippen LogP contribution in [-0.2, 0) is 9.78 Å². The fourth-order valence-electron chi connectivity index (χ4n) is 1.07. The maximum atomic E-state index is 11.5. The van der Waals surface area contributed by atoms with Crippen molar-refractivity contribution in [1.29, 1.82) is 0 Å². The van der Waals surface area contributed by atoms with Crippen molar-refractivity contribution in [3.8, 4) is 0 Å². The van der Waals surface area contributed by atoms with Gasteiger partial charge < -0.3 is 0 Å². The van der Waals surface area contributed by atoms with Crippen LogP contribution in [0, 0.1) is 12.8 Å². The second-order valence-electron chi connectivity index (χ2n) is 3.86. The van der Waals surface area contributed by atoms with E-state index in [2.05, 4.69) is 4.89 Å². The topological polar surface area (TPSA) is 35.5 Å². The summed E-state index contributed by atoms with van der Waals surface area (Å²) in [5, 5.41) is 0. The van der Waals surface area contributed by atoms with E-state index in [0.717, 1.165) is 5.56 Å². The monoisotopic (exact) mass is 208 g/mol. The van der Waals surface area contributed by atoms with Gasteiger partial charge in [0.2, 0.25) is 0 Å². The van der Waals surface area contributed by atoms with E-state index in [9.17, 15) is 4.79 Å². The highest BCUT2D eigenvalue weighted by Crippen LogP contribution is 2.08. The van der Waals surface area contributed by atoms with Gasteiger partial charge in [-0.15, -0.1) is 0 Å². The van der Waals surface area contributed by atoms with Crippen LogP contribution in [0.3, 0.4) is 0 Å². The lowest BCUT2D eigenvalue weighted by Crippen LogP contribution is -2.10. The van der Waals surface area contributed by atoms with Crippen LogP contribution < -0.4 is 0 Å². The molecule has 0 N–H and O–H groups in total. The Morgan fingerprint density at radius 2 is 2.00 bits per heavy atom. The number of hydrogen-bond acceptors (Lipinski definition) is 3. The molecule has 15 heavy (non-hydrogen) atoms. The minimum Gasteiger partial charge on any atom is -0.293 e.